The van der Waals surface area contributed by atoms with Crippen molar-refractivity contribution >= 4 is 17.5 Å². The Hall–Kier alpha value is -2.53. The minimum Gasteiger partial charge on any atom is -0.455 e. The van der Waals surface area contributed by atoms with Gasteiger partial charge in [-0.2, -0.15) is 5.10 Å². The second kappa shape index (κ2) is 6.82. The van der Waals surface area contributed by atoms with Gasteiger partial charge in [0.1, 0.15) is 5.76 Å². The molecular weight excluding hydrogens is 374 g/mol. The molecule has 2 aromatic heterocycles. The van der Waals surface area contributed by atoms with Crippen LogP contribution in [0.15, 0.2) is 34.9 Å². The zero-order chi connectivity index (χ0) is 19.3. The summed E-state index contributed by atoms with van der Waals surface area (Å²) in [5, 5.41) is 5.58. The van der Waals surface area contributed by atoms with Crippen molar-refractivity contribution < 1.29 is 9.21 Å². The van der Waals surface area contributed by atoms with Gasteiger partial charge in [-0.05, 0) is 43.4 Å². The van der Waals surface area contributed by atoms with Crippen molar-refractivity contribution in [1.82, 2.24) is 14.7 Å². The predicted octanol–water partition coefficient (Wildman–Crippen LogP) is 4.49. The number of rotatable bonds is 3. The van der Waals surface area contributed by atoms with Crippen LogP contribution in [0.2, 0.25) is 5.02 Å². The Balaban J connectivity index is 1.50. The van der Waals surface area contributed by atoms with Gasteiger partial charge in [-0.1, -0.05) is 29.8 Å². The van der Waals surface area contributed by atoms with E-state index < -0.39 is 0 Å². The van der Waals surface area contributed by atoms with E-state index in [1.165, 1.54) is 5.56 Å². The first kappa shape index (κ1) is 17.6. The molecule has 1 saturated heterocycles. The molecule has 5 nitrogen and oxygen atoms in total. The number of nitrogens with zero attached hydrogens (tertiary/aromatic N) is 3. The maximum absolute atomic E-state index is 12.9. The molecule has 3 heterocycles. The van der Waals surface area contributed by atoms with Gasteiger partial charge in [-0.25, -0.2) is 0 Å². The number of fused-ring (bicyclic) bond motifs is 3. The van der Waals surface area contributed by atoms with Gasteiger partial charge in [0.15, 0.2) is 5.76 Å². The first-order valence-electron chi connectivity index (χ1n) is 9.83. The standard InChI is InChI=1S/C22H22ClN3O2/c1-14-19-18(28-21(14)22(27)25-10-4-5-11-25)9-8-16-13-26(24-20(16)19)12-15-6-2-3-7-17(15)23/h2-3,6-7,13H,4-5,8-12H2,1H3. The molecular formula is C22H22ClN3O2. The molecule has 0 spiro atoms. The number of halogens is 1. The van der Waals surface area contributed by atoms with Crippen molar-refractivity contribution in [3.8, 4) is 11.3 Å². The Bertz CT molecular complexity index is 1060. The second-order valence-corrected chi connectivity index (χ2v) is 8.05. The van der Waals surface area contributed by atoms with Crippen LogP contribution in [0.25, 0.3) is 11.3 Å². The van der Waals surface area contributed by atoms with E-state index >= 15 is 0 Å². The monoisotopic (exact) mass is 395 g/mol. The van der Waals surface area contributed by atoms with Gasteiger partial charge in [-0.15, -0.1) is 0 Å². The topological polar surface area (TPSA) is 51.3 Å². The van der Waals surface area contributed by atoms with E-state index in [1.54, 1.807) is 0 Å². The number of hydrogen-bond acceptors (Lipinski definition) is 3. The van der Waals surface area contributed by atoms with Crippen molar-refractivity contribution in [2.45, 2.75) is 39.2 Å². The fraction of sp³-hybridized carbons (Fsp3) is 0.364. The van der Waals surface area contributed by atoms with Gasteiger partial charge < -0.3 is 9.32 Å². The van der Waals surface area contributed by atoms with Crippen LogP contribution >= 0.6 is 11.6 Å². The first-order valence-corrected chi connectivity index (χ1v) is 10.2. The minimum absolute atomic E-state index is 0.0152. The number of hydrogen-bond donors (Lipinski definition) is 0. The van der Waals surface area contributed by atoms with Crippen LogP contribution in [0, 0.1) is 6.92 Å². The molecule has 144 valence electrons. The number of furan rings is 1. The molecule has 0 saturated carbocycles. The third kappa shape index (κ3) is 2.85. The molecule has 6 heteroatoms. The largest absolute Gasteiger partial charge is 0.455 e. The number of carbonyl (C=O) groups excluding carboxylic acids is 1. The fourth-order valence-corrected chi connectivity index (χ4v) is 4.51. The third-order valence-electron chi connectivity index (χ3n) is 5.79. The van der Waals surface area contributed by atoms with Crippen LogP contribution in [-0.4, -0.2) is 33.7 Å². The van der Waals surface area contributed by atoms with E-state index in [0.29, 0.717) is 12.3 Å². The summed E-state index contributed by atoms with van der Waals surface area (Å²) >= 11 is 6.31. The minimum atomic E-state index is 0.0152. The van der Waals surface area contributed by atoms with Gasteiger partial charge in [-0.3, -0.25) is 9.48 Å². The van der Waals surface area contributed by atoms with Crippen LogP contribution in [0.4, 0.5) is 0 Å². The van der Waals surface area contributed by atoms with Gasteiger partial charge in [0, 0.05) is 41.9 Å². The summed E-state index contributed by atoms with van der Waals surface area (Å²) < 4.78 is 7.99. The number of carbonyl (C=O) groups is 1. The average Bonchev–Trinajstić information content (AvgIpc) is 3.41. The summed E-state index contributed by atoms with van der Waals surface area (Å²) in [5.41, 5.74) is 5.09. The quantitative estimate of drug-likeness (QED) is 0.656. The molecule has 3 aromatic rings. The third-order valence-corrected chi connectivity index (χ3v) is 6.16. The molecule has 5 rings (SSSR count). The number of aromatic nitrogens is 2. The van der Waals surface area contributed by atoms with Crippen LogP contribution in [0.3, 0.4) is 0 Å². The highest BCUT2D eigenvalue weighted by atomic mass is 35.5. The van der Waals surface area contributed by atoms with E-state index in [4.69, 9.17) is 21.1 Å². The summed E-state index contributed by atoms with van der Waals surface area (Å²) in [6.45, 7) is 4.25. The van der Waals surface area contributed by atoms with Crippen molar-refractivity contribution in [2.75, 3.05) is 13.1 Å². The summed E-state index contributed by atoms with van der Waals surface area (Å²) in [7, 11) is 0. The molecule has 0 N–H and O–H groups in total. The van der Waals surface area contributed by atoms with Crippen LogP contribution in [-0.2, 0) is 19.4 Å². The average molecular weight is 396 g/mol. The van der Waals surface area contributed by atoms with Crippen molar-refractivity contribution in [3.05, 3.63) is 63.7 Å². The van der Waals surface area contributed by atoms with Crippen molar-refractivity contribution in [1.29, 1.82) is 0 Å². The van der Waals surface area contributed by atoms with E-state index in [0.717, 1.165) is 71.9 Å². The lowest BCUT2D eigenvalue weighted by Gasteiger charge is -2.13. The zero-order valence-electron chi connectivity index (χ0n) is 15.9. The Labute approximate surface area is 168 Å². The smallest absolute Gasteiger partial charge is 0.289 e. The van der Waals surface area contributed by atoms with E-state index in [2.05, 4.69) is 6.20 Å². The lowest BCUT2D eigenvalue weighted by atomic mass is 9.93. The molecule has 1 aliphatic heterocycles. The van der Waals surface area contributed by atoms with Crippen molar-refractivity contribution in [3.63, 3.8) is 0 Å². The lowest BCUT2D eigenvalue weighted by Crippen LogP contribution is -2.27. The molecule has 1 amide bonds. The normalized spacial score (nSPS) is 15.6. The van der Waals surface area contributed by atoms with Crippen LogP contribution in [0.5, 0.6) is 0 Å². The van der Waals surface area contributed by atoms with Gasteiger partial charge >= 0.3 is 0 Å². The summed E-state index contributed by atoms with van der Waals surface area (Å²) in [4.78, 5) is 14.8. The predicted molar refractivity (Wildman–Crippen MR) is 108 cm³/mol. The molecule has 0 bridgehead atoms. The van der Waals surface area contributed by atoms with Crippen molar-refractivity contribution in [2.24, 2.45) is 0 Å². The fourth-order valence-electron chi connectivity index (χ4n) is 4.31. The van der Waals surface area contributed by atoms with Gasteiger partial charge in [0.25, 0.3) is 5.91 Å². The highest BCUT2D eigenvalue weighted by Gasteiger charge is 2.32. The van der Waals surface area contributed by atoms with Crippen LogP contribution in [0.1, 0.15) is 45.8 Å². The van der Waals surface area contributed by atoms with Gasteiger partial charge in [0.05, 0.1) is 12.2 Å². The Morgan fingerprint density at radius 2 is 2.00 bits per heavy atom. The maximum atomic E-state index is 12.9. The summed E-state index contributed by atoms with van der Waals surface area (Å²) in [6.07, 6.45) is 5.91. The molecule has 0 unspecified atom stereocenters. The lowest BCUT2D eigenvalue weighted by molar-refractivity contribution is 0.0758. The number of likely N-dealkylation sites (tertiary alicyclic amines) is 1. The number of aryl methyl sites for hydroxylation is 2. The maximum Gasteiger partial charge on any atom is 0.289 e. The highest BCUT2D eigenvalue weighted by molar-refractivity contribution is 6.31. The van der Waals surface area contributed by atoms with E-state index in [1.807, 2.05) is 40.8 Å². The summed E-state index contributed by atoms with van der Waals surface area (Å²) in [6, 6.07) is 7.83. The second-order valence-electron chi connectivity index (χ2n) is 7.65. The molecule has 1 aromatic carbocycles. The number of benzene rings is 1. The molecule has 1 aliphatic carbocycles. The Morgan fingerprint density at radius 3 is 2.79 bits per heavy atom. The molecule has 0 radical (unpaired) electrons. The molecule has 1 fully saturated rings. The molecule has 28 heavy (non-hydrogen) atoms. The Kier molecular flexibility index (Phi) is 4.27. The zero-order valence-corrected chi connectivity index (χ0v) is 16.6. The van der Waals surface area contributed by atoms with E-state index in [-0.39, 0.29) is 5.91 Å². The van der Waals surface area contributed by atoms with Gasteiger partial charge in [0.2, 0.25) is 0 Å². The van der Waals surface area contributed by atoms with Crippen LogP contribution < -0.4 is 0 Å². The van der Waals surface area contributed by atoms with E-state index in [9.17, 15) is 4.79 Å². The number of amides is 1. The Morgan fingerprint density at radius 1 is 1.21 bits per heavy atom. The molecule has 2 aliphatic rings. The summed E-state index contributed by atoms with van der Waals surface area (Å²) in [5.74, 6) is 1.39. The SMILES string of the molecule is Cc1c(C(=O)N2CCCC2)oc2c1-c1nn(Cc3ccccc3Cl)cc1CC2. The molecule has 0 atom stereocenters. The first-order chi connectivity index (χ1) is 13.6. The highest BCUT2D eigenvalue weighted by Crippen LogP contribution is 2.39.